The Kier molecular flexibility index (Phi) is 23.2. The van der Waals surface area contributed by atoms with Gasteiger partial charge in [0, 0.05) is 89.3 Å². The van der Waals surface area contributed by atoms with Gasteiger partial charge < -0.3 is 20.4 Å². The minimum atomic E-state index is -1.23. The molecule has 0 aliphatic rings. The van der Waals surface area contributed by atoms with E-state index >= 15 is 0 Å². The van der Waals surface area contributed by atoms with Crippen LogP contribution in [0, 0.1) is 0 Å². The van der Waals surface area contributed by atoms with Gasteiger partial charge in [-0.2, -0.15) is 0 Å². The molecular weight excluding hydrogens is 377 g/mol. The molecule has 0 atom stereocenters. The van der Waals surface area contributed by atoms with Crippen LogP contribution in [0.25, 0.3) is 0 Å². The third kappa shape index (κ3) is 20.3. The van der Waals surface area contributed by atoms with Crippen molar-refractivity contribution in [2.45, 2.75) is 0 Å². The van der Waals surface area contributed by atoms with Crippen molar-refractivity contribution in [2.24, 2.45) is 0 Å². The van der Waals surface area contributed by atoms with Gasteiger partial charge in [0.05, 0.1) is 26.2 Å². The summed E-state index contributed by atoms with van der Waals surface area (Å²) in [5.41, 5.74) is 0. The zero-order valence-electron chi connectivity index (χ0n) is 12.9. The van der Waals surface area contributed by atoms with Gasteiger partial charge >= 0.3 is 23.9 Å². The first kappa shape index (κ1) is 31.1. The van der Waals surface area contributed by atoms with Crippen LogP contribution in [0.2, 0.25) is 0 Å². The zero-order valence-corrected chi connectivity index (χ0v) is 18.1. The summed E-state index contributed by atoms with van der Waals surface area (Å²) in [5.74, 6) is -4.91. The monoisotopic (exact) mass is 393 g/mol. The number of hydrogen-bond acceptors (Lipinski definition) is 6. The van der Waals surface area contributed by atoms with Crippen LogP contribution in [-0.2, 0) is 36.2 Å². The van der Waals surface area contributed by atoms with E-state index in [1.54, 1.807) is 0 Å². The van der Waals surface area contributed by atoms with Gasteiger partial charge in [-0.1, -0.05) is 0 Å². The van der Waals surface area contributed by atoms with Gasteiger partial charge in [0.1, 0.15) is 0 Å². The first-order valence-electron chi connectivity index (χ1n) is 5.52. The first-order valence-corrected chi connectivity index (χ1v) is 5.52. The number of hydrogen-bond donors (Lipinski definition) is 4. The molecule has 0 saturated carbocycles. The fourth-order valence-electron chi connectivity index (χ4n) is 1.48. The Hall–Kier alpha value is 0.319. The third-order valence-corrected chi connectivity index (χ3v) is 2.17. The molecule has 0 saturated heterocycles. The topological polar surface area (TPSA) is 156 Å². The van der Waals surface area contributed by atoms with Crippen LogP contribution in [0.1, 0.15) is 0 Å². The normalized spacial score (nSPS) is 9.30. The largest absolute Gasteiger partial charge is 0.480 e. The maximum atomic E-state index is 10.6. The molecule has 0 rings (SSSR count). The second kappa shape index (κ2) is 17.2. The molecule has 0 amide bonds. The van der Waals surface area contributed by atoms with Crippen LogP contribution < -0.4 is 0 Å². The number of carbonyl (C=O) groups is 4. The van der Waals surface area contributed by atoms with E-state index in [2.05, 4.69) is 0 Å². The molecule has 0 bridgehead atoms. The number of rotatable bonds is 11. The summed E-state index contributed by atoms with van der Waals surface area (Å²) < 4.78 is 0. The smallest absolute Gasteiger partial charge is 0.317 e. The fraction of sp³-hybridized carbons (Fsp3) is 0.600. The molecule has 0 fully saturated rings. The van der Waals surface area contributed by atoms with Gasteiger partial charge in [0.2, 0.25) is 0 Å². The van der Waals surface area contributed by atoms with Crippen molar-refractivity contribution in [3.63, 3.8) is 0 Å². The van der Waals surface area contributed by atoms with Crippen LogP contribution in [-0.4, -0.2) is 152 Å². The molecule has 0 aromatic carbocycles. The summed E-state index contributed by atoms with van der Waals surface area (Å²) in [6, 6.07) is 0. The van der Waals surface area contributed by atoms with E-state index in [-0.39, 0.29) is 89.3 Å². The zero-order chi connectivity index (χ0) is 15.7. The number of nitrogens with zero attached hydrogens (tertiary/aromatic N) is 2. The Morgan fingerprint density at radius 1 is 0.565 bits per heavy atom. The molecule has 10 nitrogen and oxygen atoms in total. The van der Waals surface area contributed by atoms with Crippen molar-refractivity contribution >= 4 is 83.0 Å². The van der Waals surface area contributed by atoms with E-state index < -0.39 is 50.1 Å². The van der Waals surface area contributed by atoms with Gasteiger partial charge in [0.25, 0.3) is 0 Å². The van der Waals surface area contributed by atoms with E-state index in [0.29, 0.717) is 0 Å². The maximum absolute atomic E-state index is 10.6. The fourth-order valence-corrected chi connectivity index (χ4v) is 1.48. The molecule has 0 unspecified atom stereocenters. The molecule has 0 aliphatic heterocycles. The Labute approximate surface area is 187 Å². The van der Waals surface area contributed by atoms with Gasteiger partial charge in [-0.25, -0.2) is 0 Å². The maximum Gasteiger partial charge on any atom is 0.317 e. The summed E-state index contributed by atoms with van der Waals surface area (Å²) in [7, 11) is 0. The molecule has 0 spiro atoms. The molecular formula is C10H16MnN2Na2O8. The molecule has 0 aromatic rings. The summed E-state index contributed by atoms with van der Waals surface area (Å²) in [6.07, 6.45) is 0. The van der Waals surface area contributed by atoms with Crippen molar-refractivity contribution < 1.29 is 56.7 Å². The second-order valence-corrected chi connectivity index (χ2v) is 4.00. The van der Waals surface area contributed by atoms with Crippen molar-refractivity contribution in [2.75, 3.05) is 39.3 Å². The van der Waals surface area contributed by atoms with Crippen molar-refractivity contribution in [3.05, 3.63) is 0 Å². The van der Waals surface area contributed by atoms with Gasteiger partial charge in [-0.3, -0.25) is 29.0 Å². The Bertz CT molecular complexity index is 331. The first-order chi connectivity index (χ1) is 9.20. The average molecular weight is 393 g/mol. The molecule has 13 heteroatoms. The van der Waals surface area contributed by atoms with E-state index in [1.165, 1.54) is 0 Å². The summed E-state index contributed by atoms with van der Waals surface area (Å²) >= 11 is 0. The summed E-state index contributed by atoms with van der Waals surface area (Å²) in [4.78, 5) is 44.4. The standard InChI is InChI=1S/C10H16N2O8.Mn.2Na/c13-7(14)3-11(4-8(15)16)1-2-12(5-9(17)18)6-10(19)20;;;/h1-6H2,(H,13,14)(H,15,16)(H,17,18)(H,19,20);;;. The van der Waals surface area contributed by atoms with Crippen molar-refractivity contribution in [3.8, 4) is 0 Å². The minimum Gasteiger partial charge on any atom is -0.480 e. The minimum absolute atomic E-state index is 0. The Morgan fingerprint density at radius 3 is 0.870 bits per heavy atom. The molecule has 0 heterocycles. The van der Waals surface area contributed by atoms with Gasteiger partial charge in [-0.15, -0.1) is 0 Å². The van der Waals surface area contributed by atoms with Gasteiger partial charge in [-0.05, 0) is 0 Å². The summed E-state index contributed by atoms with van der Waals surface area (Å²) in [6.45, 7) is -2.25. The summed E-state index contributed by atoms with van der Waals surface area (Å²) in [5, 5.41) is 34.5. The molecule has 0 aromatic heterocycles. The van der Waals surface area contributed by atoms with E-state index in [0.717, 1.165) is 9.80 Å². The van der Waals surface area contributed by atoms with E-state index in [9.17, 15) is 19.2 Å². The number of carboxylic acid groups (broad SMARTS) is 4. The second-order valence-electron chi connectivity index (χ2n) is 4.00. The predicted molar refractivity (Wildman–Crippen MR) is 74.9 cm³/mol. The molecule has 0 aliphatic carbocycles. The van der Waals surface area contributed by atoms with Crippen LogP contribution in [0.5, 0.6) is 0 Å². The van der Waals surface area contributed by atoms with Crippen molar-refractivity contribution in [1.29, 1.82) is 0 Å². The van der Waals surface area contributed by atoms with Crippen LogP contribution in [0.15, 0.2) is 0 Å². The SMILES string of the molecule is O=C(O)CN(CCN(CC(=O)O)CC(=O)O)CC(=O)O.[Mn].[Na].[Na]. The predicted octanol–water partition coefficient (Wildman–Crippen LogP) is -2.84. The quantitative estimate of drug-likeness (QED) is 0.270. The number of carboxylic acids is 4. The third-order valence-electron chi connectivity index (χ3n) is 2.17. The van der Waals surface area contributed by atoms with Crippen LogP contribution >= 0.6 is 0 Å². The molecule has 4 N–H and O–H groups in total. The van der Waals surface area contributed by atoms with Crippen LogP contribution in [0.3, 0.4) is 0 Å². The molecule has 3 radical (unpaired) electrons. The average Bonchev–Trinajstić information content (AvgIpc) is 2.22. The molecule has 23 heavy (non-hydrogen) atoms. The Balaban J connectivity index is -0.000000602. The number of aliphatic carboxylic acids is 4. The Morgan fingerprint density at radius 2 is 0.739 bits per heavy atom. The van der Waals surface area contributed by atoms with Gasteiger partial charge in [0.15, 0.2) is 0 Å². The van der Waals surface area contributed by atoms with E-state index in [4.69, 9.17) is 20.4 Å². The van der Waals surface area contributed by atoms with Crippen molar-refractivity contribution in [1.82, 2.24) is 9.80 Å². The van der Waals surface area contributed by atoms with Crippen LogP contribution in [0.4, 0.5) is 0 Å². The van der Waals surface area contributed by atoms with E-state index in [1.807, 2.05) is 0 Å². The molecule has 123 valence electrons.